The zero-order valence-electron chi connectivity index (χ0n) is 15.5. The standard InChI is InChI=1S/C21H25N3O3/c1-15-5-4-6-17(13-15)27-14-20(25)23-18-7-2-3-8-19(18)24-11-9-16(10-12-24)21(22)26/h2-8,13,16H,9-12,14H2,1H3,(H2,22,26)(H,23,25). The van der Waals surface area contributed by atoms with Crippen LogP contribution in [0.3, 0.4) is 0 Å². The van der Waals surface area contributed by atoms with Gasteiger partial charge in [-0.1, -0.05) is 24.3 Å². The summed E-state index contributed by atoms with van der Waals surface area (Å²) in [5, 5.41) is 2.93. The molecule has 27 heavy (non-hydrogen) atoms. The lowest BCUT2D eigenvalue weighted by Crippen LogP contribution is -2.39. The third-order valence-corrected chi connectivity index (χ3v) is 4.78. The number of para-hydroxylation sites is 2. The van der Waals surface area contributed by atoms with E-state index in [-0.39, 0.29) is 24.3 Å². The predicted molar refractivity (Wildman–Crippen MR) is 106 cm³/mol. The molecule has 1 heterocycles. The van der Waals surface area contributed by atoms with Gasteiger partial charge in [-0.05, 0) is 49.6 Å². The molecule has 3 N–H and O–H groups in total. The third-order valence-electron chi connectivity index (χ3n) is 4.78. The van der Waals surface area contributed by atoms with Crippen molar-refractivity contribution in [1.29, 1.82) is 0 Å². The number of aryl methyl sites for hydroxylation is 1. The summed E-state index contributed by atoms with van der Waals surface area (Å²) in [6.45, 7) is 3.40. The molecule has 2 aromatic carbocycles. The van der Waals surface area contributed by atoms with Crippen LogP contribution in [-0.2, 0) is 9.59 Å². The second-order valence-corrected chi connectivity index (χ2v) is 6.83. The summed E-state index contributed by atoms with van der Waals surface area (Å²) in [6, 6.07) is 15.3. The fourth-order valence-electron chi connectivity index (χ4n) is 3.30. The Morgan fingerprint density at radius 3 is 2.59 bits per heavy atom. The fraction of sp³-hybridized carbons (Fsp3) is 0.333. The van der Waals surface area contributed by atoms with Crippen molar-refractivity contribution in [2.75, 3.05) is 29.9 Å². The molecule has 0 unspecified atom stereocenters. The van der Waals surface area contributed by atoms with Gasteiger partial charge in [0.15, 0.2) is 6.61 Å². The maximum absolute atomic E-state index is 12.3. The SMILES string of the molecule is Cc1cccc(OCC(=O)Nc2ccccc2N2CCC(C(N)=O)CC2)c1. The van der Waals surface area contributed by atoms with Crippen LogP contribution in [0.25, 0.3) is 0 Å². The molecule has 2 amide bonds. The Bertz CT molecular complexity index is 814. The van der Waals surface area contributed by atoms with Crippen LogP contribution in [0.4, 0.5) is 11.4 Å². The van der Waals surface area contributed by atoms with Gasteiger partial charge in [0.25, 0.3) is 5.91 Å². The van der Waals surface area contributed by atoms with Crippen molar-refractivity contribution < 1.29 is 14.3 Å². The van der Waals surface area contributed by atoms with Gasteiger partial charge < -0.3 is 20.7 Å². The summed E-state index contributed by atoms with van der Waals surface area (Å²) in [5.74, 6) is 0.165. The average molecular weight is 367 g/mol. The second kappa shape index (κ2) is 8.58. The van der Waals surface area contributed by atoms with Crippen LogP contribution < -0.4 is 20.7 Å². The Hall–Kier alpha value is -3.02. The number of carbonyl (C=O) groups excluding carboxylic acids is 2. The lowest BCUT2D eigenvalue weighted by molar-refractivity contribution is -0.122. The van der Waals surface area contributed by atoms with Crippen LogP contribution in [-0.4, -0.2) is 31.5 Å². The van der Waals surface area contributed by atoms with Crippen molar-refractivity contribution in [2.45, 2.75) is 19.8 Å². The van der Waals surface area contributed by atoms with E-state index < -0.39 is 0 Å². The minimum Gasteiger partial charge on any atom is -0.484 e. The van der Waals surface area contributed by atoms with E-state index in [9.17, 15) is 9.59 Å². The van der Waals surface area contributed by atoms with Crippen LogP contribution in [0, 0.1) is 12.8 Å². The first-order valence-electron chi connectivity index (χ1n) is 9.15. The molecule has 6 heteroatoms. The van der Waals surface area contributed by atoms with E-state index in [1.807, 2.05) is 55.5 Å². The molecule has 0 atom stereocenters. The minimum absolute atomic E-state index is 0.0540. The lowest BCUT2D eigenvalue weighted by atomic mass is 9.96. The molecular formula is C21H25N3O3. The van der Waals surface area contributed by atoms with E-state index in [0.717, 1.165) is 42.9 Å². The molecule has 1 aliphatic heterocycles. The number of hydrogen-bond acceptors (Lipinski definition) is 4. The predicted octanol–water partition coefficient (Wildman–Crippen LogP) is 2.71. The van der Waals surface area contributed by atoms with E-state index in [1.165, 1.54) is 0 Å². The summed E-state index contributed by atoms with van der Waals surface area (Å²) in [4.78, 5) is 25.9. The van der Waals surface area contributed by atoms with Crippen molar-refractivity contribution in [1.82, 2.24) is 0 Å². The normalized spacial score (nSPS) is 14.6. The van der Waals surface area contributed by atoms with Crippen LogP contribution in [0.5, 0.6) is 5.75 Å². The summed E-state index contributed by atoms with van der Waals surface area (Å²) in [5.41, 5.74) is 8.18. The van der Waals surface area contributed by atoms with Gasteiger partial charge in [-0.25, -0.2) is 0 Å². The number of carbonyl (C=O) groups is 2. The Labute approximate surface area is 159 Å². The second-order valence-electron chi connectivity index (χ2n) is 6.83. The highest BCUT2D eigenvalue weighted by Crippen LogP contribution is 2.29. The number of amides is 2. The smallest absolute Gasteiger partial charge is 0.262 e. The van der Waals surface area contributed by atoms with E-state index in [2.05, 4.69) is 10.2 Å². The van der Waals surface area contributed by atoms with Gasteiger partial charge >= 0.3 is 0 Å². The topological polar surface area (TPSA) is 84.7 Å². The first-order chi connectivity index (χ1) is 13.0. The molecule has 0 radical (unpaired) electrons. The zero-order chi connectivity index (χ0) is 19.2. The highest BCUT2D eigenvalue weighted by Gasteiger charge is 2.24. The van der Waals surface area contributed by atoms with E-state index in [4.69, 9.17) is 10.5 Å². The van der Waals surface area contributed by atoms with Crippen molar-refractivity contribution in [3.05, 3.63) is 54.1 Å². The fourth-order valence-corrected chi connectivity index (χ4v) is 3.30. The van der Waals surface area contributed by atoms with Crippen LogP contribution in [0.2, 0.25) is 0 Å². The highest BCUT2D eigenvalue weighted by molar-refractivity contribution is 5.95. The van der Waals surface area contributed by atoms with Crippen molar-refractivity contribution in [3.8, 4) is 5.75 Å². The molecule has 1 saturated heterocycles. The molecule has 1 fully saturated rings. The number of anilines is 2. The number of rotatable bonds is 6. The van der Waals surface area contributed by atoms with E-state index in [1.54, 1.807) is 0 Å². The lowest BCUT2D eigenvalue weighted by Gasteiger charge is -2.33. The van der Waals surface area contributed by atoms with E-state index in [0.29, 0.717) is 5.75 Å². The number of benzene rings is 2. The largest absolute Gasteiger partial charge is 0.484 e. The van der Waals surface area contributed by atoms with Gasteiger partial charge in [0, 0.05) is 19.0 Å². The van der Waals surface area contributed by atoms with Crippen LogP contribution >= 0.6 is 0 Å². The first kappa shape index (κ1) is 18.8. The Morgan fingerprint density at radius 1 is 1.15 bits per heavy atom. The molecule has 3 rings (SSSR count). The van der Waals surface area contributed by atoms with Crippen LogP contribution in [0.15, 0.2) is 48.5 Å². The molecule has 0 aliphatic carbocycles. The number of nitrogens with zero attached hydrogens (tertiary/aromatic N) is 1. The Morgan fingerprint density at radius 2 is 1.89 bits per heavy atom. The van der Waals surface area contributed by atoms with Gasteiger partial charge in [0.05, 0.1) is 11.4 Å². The van der Waals surface area contributed by atoms with Gasteiger partial charge in [-0.2, -0.15) is 0 Å². The number of nitrogens with two attached hydrogens (primary N) is 1. The van der Waals surface area contributed by atoms with Crippen molar-refractivity contribution in [3.63, 3.8) is 0 Å². The van der Waals surface area contributed by atoms with Gasteiger partial charge in [-0.15, -0.1) is 0 Å². The average Bonchev–Trinajstić information content (AvgIpc) is 2.67. The number of nitrogens with one attached hydrogen (secondary N) is 1. The number of piperidine rings is 1. The minimum atomic E-state index is -0.232. The van der Waals surface area contributed by atoms with Gasteiger partial charge in [0.2, 0.25) is 5.91 Å². The zero-order valence-corrected chi connectivity index (χ0v) is 15.5. The Kier molecular flexibility index (Phi) is 5.96. The van der Waals surface area contributed by atoms with E-state index >= 15 is 0 Å². The maximum atomic E-state index is 12.3. The summed E-state index contributed by atoms with van der Waals surface area (Å²) in [7, 11) is 0. The molecule has 142 valence electrons. The van der Waals surface area contributed by atoms with Crippen molar-refractivity contribution in [2.24, 2.45) is 11.7 Å². The molecule has 0 bridgehead atoms. The van der Waals surface area contributed by atoms with Gasteiger partial charge in [-0.3, -0.25) is 9.59 Å². The molecule has 0 spiro atoms. The third kappa shape index (κ3) is 5.00. The number of primary amides is 1. The maximum Gasteiger partial charge on any atom is 0.262 e. The number of ether oxygens (including phenoxy) is 1. The molecular weight excluding hydrogens is 342 g/mol. The highest BCUT2D eigenvalue weighted by atomic mass is 16.5. The summed E-state index contributed by atoms with van der Waals surface area (Å²) in [6.07, 6.45) is 1.46. The quantitative estimate of drug-likeness (QED) is 0.822. The summed E-state index contributed by atoms with van der Waals surface area (Å²) >= 11 is 0. The summed E-state index contributed by atoms with van der Waals surface area (Å²) < 4.78 is 5.57. The van der Waals surface area contributed by atoms with Crippen molar-refractivity contribution >= 4 is 23.2 Å². The Balaban J connectivity index is 1.60. The monoisotopic (exact) mass is 367 g/mol. The number of hydrogen-bond donors (Lipinski definition) is 2. The molecule has 0 saturated carbocycles. The molecule has 1 aliphatic rings. The van der Waals surface area contributed by atoms with Gasteiger partial charge in [0.1, 0.15) is 5.75 Å². The molecule has 6 nitrogen and oxygen atoms in total. The first-order valence-corrected chi connectivity index (χ1v) is 9.15. The molecule has 2 aromatic rings. The van der Waals surface area contributed by atoms with Crippen LogP contribution in [0.1, 0.15) is 18.4 Å². The molecule has 0 aromatic heterocycles.